The predicted molar refractivity (Wildman–Crippen MR) is 92.5 cm³/mol. The molecule has 6 heteroatoms. The Hall–Kier alpha value is -2.21. The molecule has 0 unspecified atom stereocenters. The van der Waals surface area contributed by atoms with E-state index in [4.69, 9.17) is 0 Å². The molecule has 1 aromatic carbocycles. The van der Waals surface area contributed by atoms with Gasteiger partial charge in [0.25, 0.3) is 0 Å². The van der Waals surface area contributed by atoms with Gasteiger partial charge in [0.05, 0.1) is 15.8 Å². The van der Waals surface area contributed by atoms with Crippen molar-refractivity contribution < 1.29 is 13.2 Å². The number of allylic oxidation sites excluding steroid dienone is 1. The zero-order chi connectivity index (χ0) is 17.2. The van der Waals surface area contributed by atoms with Gasteiger partial charge in [-0.25, -0.2) is 8.42 Å². The molecule has 0 atom stereocenters. The first-order valence-corrected chi connectivity index (χ1v) is 9.57. The van der Waals surface area contributed by atoms with Crippen molar-refractivity contribution in [2.75, 3.05) is 0 Å². The van der Waals surface area contributed by atoms with Crippen molar-refractivity contribution in [1.29, 1.82) is 0 Å². The number of aryl methyl sites for hydroxylation is 1. The molecule has 0 saturated heterocycles. The number of rotatable bonds is 5. The summed E-state index contributed by atoms with van der Waals surface area (Å²) in [5.41, 5.74) is 1.29. The molecular formula is C18H20N2O3S. The molecule has 2 aromatic rings. The third-order valence-electron chi connectivity index (χ3n) is 4.47. The van der Waals surface area contributed by atoms with Crippen molar-refractivity contribution in [2.24, 2.45) is 7.05 Å². The Kier molecular flexibility index (Phi) is 4.66. The Labute approximate surface area is 141 Å². The quantitative estimate of drug-likeness (QED) is 0.617. The van der Waals surface area contributed by atoms with Crippen LogP contribution >= 0.6 is 0 Å². The Morgan fingerprint density at radius 3 is 2.42 bits per heavy atom. The largest absolute Gasteiger partial charge is 0.289 e. The number of hydrogen-bond donors (Lipinski definition) is 0. The number of hydrogen-bond acceptors (Lipinski definition) is 4. The molecule has 1 aromatic heterocycles. The van der Waals surface area contributed by atoms with Gasteiger partial charge in [-0.3, -0.25) is 9.48 Å². The van der Waals surface area contributed by atoms with Crippen molar-refractivity contribution in [3.8, 4) is 0 Å². The van der Waals surface area contributed by atoms with Crippen molar-refractivity contribution in [3.63, 3.8) is 0 Å². The van der Waals surface area contributed by atoms with E-state index in [1.54, 1.807) is 54.3 Å². The Morgan fingerprint density at radius 1 is 1.17 bits per heavy atom. The van der Waals surface area contributed by atoms with Crippen LogP contribution in [-0.4, -0.2) is 29.2 Å². The summed E-state index contributed by atoms with van der Waals surface area (Å²) in [7, 11) is -1.48. The highest BCUT2D eigenvalue weighted by molar-refractivity contribution is 7.92. The van der Waals surface area contributed by atoms with Crippen LogP contribution in [0.15, 0.2) is 47.5 Å². The summed E-state index contributed by atoms with van der Waals surface area (Å²) < 4.78 is 26.7. The van der Waals surface area contributed by atoms with Crippen LogP contribution in [0.2, 0.25) is 0 Å². The molecule has 5 nitrogen and oxygen atoms in total. The van der Waals surface area contributed by atoms with Crippen LogP contribution in [0.25, 0.3) is 6.08 Å². The summed E-state index contributed by atoms with van der Waals surface area (Å²) in [5, 5.41) is 3.76. The highest BCUT2D eigenvalue weighted by atomic mass is 32.2. The minimum atomic E-state index is -3.28. The average Bonchev–Trinajstić information content (AvgIpc) is 3.25. The third kappa shape index (κ3) is 3.33. The smallest absolute Gasteiger partial charge is 0.185 e. The summed E-state index contributed by atoms with van der Waals surface area (Å²) in [6.45, 7) is 0. The normalized spacial score (nSPS) is 16.0. The third-order valence-corrected chi connectivity index (χ3v) is 6.75. The lowest BCUT2D eigenvalue weighted by atomic mass is 10.1. The number of carbonyl (C=O) groups is 1. The van der Waals surface area contributed by atoms with Crippen LogP contribution in [-0.2, 0) is 16.9 Å². The van der Waals surface area contributed by atoms with Gasteiger partial charge in [0, 0.05) is 18.8 Å². The molecule has 3 rings (SSSR count). The van der Waals surface area contributed by atoms with Crippen LogP contribution in [0.4, 0.5) is 0 Å². The van der Waals surface area contributed by atoms with Crippen LogP contribution in [0.5, 0.6) is 0 Å². The molecule has 1 heterocycles. The summed E-state index contributed by atoms with van der Waals surface area (Å²) in [5.74, 6) is -0.166. The van der Waals surface area contributed by atoms with Gasteiger partial charge in [0.2, 0.25) is 0 Å². The van der Waals surface area contributed by atoms with Crippen LogP contribution < -0.4 is 0 Å². The zero-order valence-corrected chi connectivity index (χ0v) is 14.4. The fraction of sp³-hybridized carbons (Fsp3) is 0.333. The molecule has 0 aliphatic heterocycles. The predicted octanol–water partition coefficient (Wildman–Crippen LogP) is 3.03. The molecule has 0 N–H and O–H groups in total. The molecule has 0 amide bonds. The van der Waals surface area contributed by atoms with Crippen LogP contribution in [0.3, 0.4) is 0 Å². The topological polar surface area (TPSA) is 69.0 Å². The number of ketones is 1. The number of nitrogens with zero attached hydrogens (tertiary/aromatic N) is 2. The van der Waals surface area contributed by atoms with Gasteiger partial charge >= 0.3 is 0 Å². The molecule has 1 saturated carbocycles. The maximum Gasteiger partial charge on any atom is 0.185 e. The van der Waals surface area contributed by atoms with Gasteiger partial charge in [0.1, 0.15) is 0 Å². The monoisotopic (exact) mass is 344 g/mol. The fourth-order valence-electron chi connectivity index (χ4n) is 3.00. The number of sulfone groups is 1. The maximum absolute atomic E-state index is 12.5. The lowest BCUT2D eigenvalue weighted by Crippen LogP contribution is -2.17. The second-order valence-corrected chi connectivity index (χ2v) is 8.28. The highest BCUT2D eigenvalue weighted by Crippen LogP contribution is 2.29. The maximum atomic E-state index is 12.5. The van der Waals surface area contributed by atoms with Gasteiger partial charge in [-0.1, -0.05) is 12.8 Å². The lowest BCUT2D eigenvalue weighted by Gasteiger charge is -2.11. The van der Waals surface area contributed by atoms with Crippen molar-refractivity contribution >= 4 is 21.7 Å². The molecule has 0 bridgehead atoms. The molecule has 0 spiro atoms. The first kappa shape index (κ1) is 16.6. The zero-order valence-electron chi connectivity index (χ0n) is 13.6. The molecule has 24 heavy (non-hydrogen) atoms. The summed E-state index contributed by atoms with van der Waals surface area (Å²) in [6, 6.07) is 8.05. The highest BCUT2D eigenvalue weighted by Gasteiger charge is 2.30. The standard InChI is InChI=1S/C18H20N2O3S/c1-20-15(12-13-19-20)8-11-18(21)14-6-9-17(10-7-14)24(22,23)16-4-2-3-5-16/h6-13,16H,2-5H2,1H3/b11-8+. The van der Waals surface area contributed by atoms with E-state index in [1.807, 2.05) is 0 Å². The van der Waals surface area contributed by atoms with Gasteiger partial charge in [-0.05, 0) is 55.3 Å². The summed E-state index contributed by atoms with van der Waals surface area (Å²) >= 11 is 0. The second kappa shape index (κ2) is 6.73. The molecule has 1 aliphatic rings. The number of benzene rings is 1. The Morgan fingerprint density at radius 2 is 1.83 bits per heavy atom. The summed E-state index contributed by atoms with van der Waals surface area (Å²) in [4.78, 5) is 12.5. The van der Waals surface area contributed by atoms with Crippen LogP contribution in [0.1, 0.15) is 41.7 Å². The lowest BCUT2D eigenvalue weighted by molar-refractivity contribution is 0.104. The molecule has 1 aliphatic carbocycles. The summed E-state index contributed by atoms with van der Waals surface area (Å²) in [6.07, 6.45) is 8.23. The Balaban J connectivity index is 1.75. The van der Waals surface area contributed by atoms with Gasteiger partial charge in [0.15, 0.2) is 15.6 Å². The van der Waals surface area contributed by atoms with E-state index in [2.05, 4.69) is 5.10 Å². The van der Waals surface area contributed by atoms with E-state index in [0.717, 1.165) is 31.4 Å². The Bertz CT molecular complexity index is 858. The SMILES string of the molecule is Cn1nccc1/C=C/C(=O)c1ccc(S(=O)(=O)C2CCCC2)cc1. The first-order valence-electron chi connectivity index (χ1n) is 8.03. The van der Waals surface area contributed by atoms with Gasteiger partial charge in [-0.2, -0.15) is 5.10 Å². The van der Waals surface area contributed by atoms with E-state index in [-0.39, 0.29) is 11.0 Å². The number of aromatic nitrogens is 2. The molecule has 126 valence electrons. The number of carbonyl (C=O) groups excluding carboxylic acids is 1. The van der Waals surface area contributed by atoms with Crippen LogP contribution in [0, 0.1) is 0 Å². The minimum absolute atomic E-state index is 0.166. The van der Waals surface area contributed by atoms with E-state index in [1.165, 1.54) is 6.08 Å². The van der Waals surface area contributed by atoms with E-state index in [0.29, 0.717) is 10.5 Å². The van der Waals surface area contributed by atoms with E-state index in [9.17, 15) is 13.2 Å². The average molecular weight is 344 g/mol. The minimum Gasteiger partial charge on any atom is -0.289 e. The van der Waals surface area contributed by atoms with Crippen molar-refractivity contribution in [1.82, 2.24) is 9.78 Å². The van der Waals surface area contributed by atoms with Gasteiger partial charge < -0.3 is 0 Å². The molecular weight excluding hydrogens is 324 g/mol. The molecule has 1 fully saturated rings. The van der Waals surface area contributed by atoms with Gasteiger partial charge in [-0.15, -0.1) is 0 Å². The van der Waals surface area contributed by atoms with E-state index < -0.39 is 9.84 Å². The first-order chi connectivity index (χ1) is 11.5. The molecule has 0 radical (unpaired) electrons. The van der Waals surface area contributed by atoms with E-state index >= 15 is 0 Å². The van der Waals surface area contributed by atoms with Crippen molar-refractivity contribution in [3.05, 3.63) is 53.9 Å². The fourth-order valence-corrected chi connectivity index (χ4v) is 4.86. The second-order valence-electron chi connectivity index (χ2n) is 6.05. The van der Waals surface area contributed by atoms with Crippen molar-refractivity contribution in [2.45, 2.75) is 35.8 Å².